The summed E-state index contributed by atoms with van der Waals surface area (Å²) in [7, 11) is 2.92. The number of hydrogen-bond donors (Lipinski definition) is 2. The zero-order chi connectivity index (χ0) is 28.8. The maximum Gasteiger partial charge on any atom is 0.292 e. The molecule has 0 spiro atoms. The van der Waals surface area contributed by atoms with Gasteiger partial charge in [0, 0.05) is 61.6 Å². The summed E-state index contributed by atoms with van der Waals surface area (Å²) < 4.78 is 24.8. The molecule has 1 fully saturated rings. The highest BCUT2D eigenvalue weighted by molar-refractivity contribution is 9.10. The van der Waals surface area contributed by atoms with Gasteiger partial charge in [0.2, 0.25) is 0 Å². The third-order valence-corrected chi connectivity index (χ3v) is 5.76. The molecule has 0 radical (unpaired) electrons. The van der Waals surface area contributed by atoms with Gasteiger partial charge in [0.1, 0.15) is 17.2 Å². The second-order valence-corrected chi connectivity index (χ2v) is 8.33. The predicted octanol–water partition coefficient (Wildman–Crippen LogP) is 5.28. The Morgan fingerprint density at radius 2 is 1.25 bits per heavy atom. The molecule has 0 bridgehead atoms. The van der Waals surface area contributed by atoms with Crippen LogP contribution >= 0.6 is 25.8 Å². The SMILES string of the molecule is Nc1cc(F)ccc1[N+](=O)[O-].Nc1cc(N2CCN(c3ccc(Br)cc3)CC2)ccc1[N+](=O)[O-].[2H]C.[2H]P. The summed E-state index contributed by atoms with van der Waals surface area (Å²) in [6.45, 7) is 3.51. The number of hydrogen-bond acceptors (Lipinski definition) is 8. The Morgan fingerprint density at radius 3 is 1.69 bits per heavy atom. The Kier molecular flexibility index (Phi) is 10.2. The Bertz CT molecular complexity index is 1210. The molecule has 1 atom stereocenters. The number of halogens is 2. The lowest BCUT2D eigenvalue weighted by atomic mass is 10.2. The third kappa shape index (κ3) is 7.76. The molecular weight excluding hydrogens is 554 g/mol. The highest BCUT2D eigenvalue weighted by Crippen LogP contribution is 2.28. The zero-order valence-electron chi connectivity index (χ0n) is 21.5. The van der Waals surface area contributed by atoms with Gasteiger partial charge in [-0.1, -0.05) is 23.3 Å². The van der Waals surface area contributed by atoms with Gasteiger partial charge in [-0.05, 0) is 42.5 Å². The van der Waals surface area contributed by atoms with Gasteiger partial charge >= 0.3 is 0 Å². The van der Waals surface area contributed by atoms with Crippen LogP contribution in [0.4, 0.5) is 38.5 Å². The fourth-order valence-electron chi connectivity index (χ4n) is 3.47. The number of anilines is 4. The van der Waals surface area contributed by atoms with Crippen LogP contribution in [-0.4, -0.2) is 37.3 Å². The largest absolute Gasteiger partial charge is 0.393 e. The fraction of sp³-hybridized carbons (Fsp3) is 0.217. The summed E-state index contributed by atoms with van der Waals surface area (Å²) >= 11 is 3.45. The van der Waals surface area contributed by atoms with Gasteiger partial charge in [0.25, 0.3) is 11.4 Å². The van der Waals surface area contributed by atoms with E-state index in [0.717, 1.165) is 54.5 Å². The number of nitro benzene ring substituents is 2. The number of piperazine rings is 1. The van der Waals surface area contributed by atoms with Crippen molar-refractivity contribution in [1.82, 2.24) is 0 Å². The van der Waals surface area contributed by atoms with Crippen LogP contribution in [0.25, 0.3) is 0 Å². The molecule has 0 amide bonds. The molecule has 1 unspecified atom stereocenters. The normalized spacial score (nSPS) is 12.8. The monoisotopic (exact) mass is 584 g/mol. The maximum atomic E-state index is 12.3. The van der Waals surface area contributed by atoms with Crippen molar-refractivity contribution in [3.05, 3.63) is 91.2 Å². The van der Waals surface area contributed by atoms with Crippen molar-refractivity contribution in [3.63, 3.8) is 0 Å². The Hall–Kier alpha value is -3.50. The fourth-order valence-corrected chi connectivity index (χ4v) is 3.74. The van der Waals surface area contributed by atoms with Crippen molar-refractivity contribution in [1.29, 1.82) is 1.28 Å². The molecule has 194 valence electrons. The Morgan fingerprint density at radius 1 is 0.833 bits per heavy atom. The van der Waals surface area contributed by atoms with Gasteiger partial charge < -0.3 is 21.3 Å². The lowest BCUT2D eigenvalue weighted by Crippen LogP contribution is -2.46. The van der Waals surface area contributed by atoms with Crippen LogP contribution in [0, 0.1) is 26.0 Å². The predicted molar refractivity (Wildman–Crippen MR) is 151 cm³/mol. The van der Waals surface area contributed by atoms with E-state index in [1.54, 1.807) is 22.0 Å². The summed E-state index contributed by atoms with van der Waals surface area (Å²) in [5, 5.41) is 21.0. The Balaban J connectivity index is 0.000000405. The summed E-state index contributed by atoms with van der Waals surface area (Å²) in [4.78, 5) is 24.4. The zero-order valence-corrected chi connectivity index (χ0v) is 22.3. The van der Waals surface area contributed by atoms with Gasteiger partial charge in [-0.3, -0.25) is 20.2 Å². The van der Waals surface area contributed by atoms with Crippen molar-refractivity contribution < 1.29 is 15.6 Å². The van der Waals surface area contributed by atoms with E-state index >= 15 is 0 Å². The average Bonchev–Trinajstić information content (AvgIpc) is 2.91. The van der Waals surface area contributed by atoms with Crippen molar-refractivity contribution in [2.45, 2.75) is 7.40 Å². The average molecular weight is 585 g/mol. The first-order chi connectivity index (χ1) is 18.2. The lowest BCUT2D eigenvalue weighted by Gasteiger charge is -2.37. The number of rotatable bonds is 4. The first kappa shape index (κ1) is 27.1. The first-order valence-electron chi connectivity index (χ1n) is 11.7. The standard InChI is InChI=1S/C16H17BrN4O2.C6H5FN2O2.CH4.H3P/c17-12-1-3-13(4-2-12)19-7-9-20(10-8-19)14-5-6-16(21(22)23)15(18)11-14;7-4-1-2-6(9(10)11)5(8)3-4;;/h1-6,11H,7-10,18H2;1-3H,8H2;1H4;1H3/i;;2*1D. The summed E-state index contributed by atoms with van der Waals surface area (Å²) in [6, 6.07) is 16.2. The van der Waals surface area contributed by atoms with Crippen LogP contribution in [0.5, 0.6) is 0 Å². The van der Waals surface area contributed by atoms with E-state index in [2.05, 4.69) is 37.9 Å². The molecule has 0 saturated carbocycles. The van der Waals surface area contributed by atoms with E-state index in [4.69, 9.17) is 14.1 Å². The highest BCUT2D eigenvalue weighted by atomic mass is 79.9. The topological polar surface area (TPSA) is 145 Å². The van der Waals surface area contributed by atoms with E-state index in [1.807, 2.05) is 12.1 Å². The Labute approximate surface area is 222 Å². The molecule has 0 aliphatic carbocycles. The molecule has 10 nitrogen and oxygen atoms in total. The third-order valence-electron chi connectivity index (χ3n) is 5.23. The molecule has 13 heteroatoms. The summed E-state index contributed by atoms with van der Waals surface area (Å²) in [6.07, 6.45) is 0. The quantitative estimate of drug-likeness (QED) is 0.182. The molecule has 1 heterocycles. The molecule has 4 rings (SSSR count). The van der Waals surface area contributed by atoms with Crippen LogP contribution in [0.2, 0.25) is 0 Å². The van der Waals surface area contributed by atoms with Crippen molar-refractivity contribution >= 4 is 59.9 Å². The molecular formula is C23H29BrFN6O4P. The van der Waals surface area contributed by atoms with Crippen molar-refractivity contribution in [3.8, 4) is 0 Å². The molecule has 4 N–H and O–H groups in total. The number of nitrogens with zero attached hydrogens (tertiary/aromatic N) is 4. The van der Waals surface area contributed by atoms with Gasteiger partial charge in [-0.25, -0.2) is 4.39 Å². The van der Waals surface area contributed by atoms with Crippen LogP contribution in [0.15, 0.2) is 65.1 Å². The maximum absolute atomic E-state index is 12.3. The molecule has 36 heavy (non-hydrogen) atoms. The van der Waals surface area contributed by atoms with Crippen LogP contribution < -0.4 is 21.3 Å². The smallest absolute Gasteiger partial charge is 0.292 e. The molecule has 1 aliphatic heterocycles. The van der Waals surface area contributed by atoms with Crippen molar-refractivity contribution in [2.75, 3.05) is 47.4 Å². The van der Waals surface area contributed by atoms with E-state index < -0.39 is 15.7 Å². The first-order valence-corrected chi connectivity index (χ1v) is 10.9. The summed E-state index contributed by atoms with van der Waals surface area (Å²) in [5.74, 6) is -0.576. The second kappa shape index (κ2) is 13.6. The molecule has 0 aromatic heterocycles. The van der Waals surface area contributed by atoms with Crippen molar-refractivity contribution in [2.24, 2.45) is 0 Å². The van der Waals surface area contributed by atoms with Crippen LogP contribution in [0.3, 0.4) is 0 Å². The van der Waals surface area contributed by atoms with Gasteiger partial charge in [-0.2, -0.15) is 9.84 Å². The number of nitrogen functional groups attached to an aromatic ring is 2. The molecule has 1 saturated heterocycles. The van der Waals surface area contributed by atoms with E-state index in [1.165, 1.54) is 19.2 Å². The van der Waals surface area contributed by atoms with Crippen LogP contribution in [0.1, 0.15) is 8.77 Å². The van der Waals surface area contributed by atoms with Gasteiger partial charge in [-0.15, -0.1) is 0 Å². The number of nitro groups is 2. The number of nitrogens with two attached hydrogens (primary N) is 2. The molecule has 3 aromatic carbocycles. The number of benzene rings is 3. The molecule has 3 aromatic rings. The van der Waals surface area contributed by atoms with Crippen LogP contribution in [-0.2, 0) is 0 Å². The van der Waals surface area contributed by atoms with Gasteiger partial charge in [0.15, 0.2) is 0 Å². The minimum Gasteiger partial charge on any atom is -0.393 e. The highest BCUT2D eigenvalue weighted by Gasteiger charge is 2.20. The van der Waals surface area contributed by atoms with Gasteiger partial charge in [0.05, 0.1) is 11.1 Å². The minimum absolute atomic E-state index is 0.0396. The lowest BCUT2D eigenvalue weighted by molar-refractivity contribution is -0.384. The van der Waals surface area contributed by atoms with E-state index in [9.17, 15) is 24.6 Å². The minimum atomic E-state index is -0.658. The summed E-state index contributed by atoms with van der Waals surface area (Å²) in [5.41, 5.74) is 12.8. The van der Waals surface area contributed by atoms with E-state index in [0.29, 0.717) is 0 Å². The molecule has 1 aliphatic rings. The van der Waals surface area contributed by atoms with E-state index in [-0.39, 0.29) is 22.7 Å². The second-order valence-electron chi connectivity index (χ2n) is 7.41.